The van der Waals surface area contributed by atoms with Crippen LogP contribution in [0.25, 0.3) is 0 Å². The van der Waals surface area contributed by atoms with Gasteiger partial charge in [0.15, 0.2) is 0 Å². The van der Waals surface area contributed by atoms with E-state index >= 15 is 0 Å². The minimum absolute atomic E-state index is 0.138. The van der Waals surface area contributed by atoms with Gasteiger partial charge >= 0.3 is 0 Å². The molecule has 0 radical (unpaired) electrons. The molecule has 1 aliphatic rings. The smallest absolute Gasteiger partial charge is 0.241 e. The molecule has 1 fully saturated rings. The van der Waals surface area contributed by atoms with Gasteiger partial charge in [-0.2, -0.15) is 0 Å². The summed E-state index contributed by atoms with van der Waals surface area (Å²) in [6.07, 6.45) is 0.960. The molecule has 1 aromatic heterocycles. The Morgan fingerprint density at radius 1 is 1.37 bits per heavy atom. The Bertz CT molecular complexity index is 462. The number of hydrogen-bond donors (Lipinski definition) is 1. The maximum atomic E-state index is 11.9. The third-order valence-corrected chi connectivity index (χ3v) is 3.18. The maximum absolute atomic E-state index is 11.9. The molecular formula is C13H21N5O. The first-order valence-electron chi connectivity index (χ1n) is 6.68. The lowest BCUT2D eigenvalue weighted by atomic mass is 10.3. The largest absolute Gasteiger partial charge is 0.370 e. The Morgan fingerprint density at radius 3 is 2.89 bits per heavy atom. The van der Waals surface area contributed by atoms with E-state index in [9.17, 15) is 4.79 Å². The number of aryl methyl sites for hydroxylation is 1. The van der Waals surface area contributed by atoms with Gasteiger partial charge in [0.25, 0.3) is 0 Å². The van der Waals surface area contributed by atoms with Crippen LogP contribution in [0.5, 0.6) is 0 Å². The second-order valence-corrected chi connectivity index (χ2v) is 4.78. The fourth-order valence-electron chi connectivity index (χ4n) is 2.17. The van der Waals surface area contributed by atoms with Gasteiger partial charge in [-0.05, 0) is 20.3 Å². The summed E-state index contributed by atoms with van der Waals surface area (Å²) >= 11 is 0. The number of rotatable bonds is 3. The Morgan fingerprint density at radius 2 is 2.16 bits per heavy atom. The number of carbonyl (C=O) groups excluding carboxylic acids is 1. The molecule has 0 unspecified atom stereocenters. The van der Waals surface area contributed by atoms with Crippen LogP contribution in [-0.2, 0) is 4.79 Å². The number of amides is 1. The lowest BCUT2D eigenvalue weighted by molar-refractivity contribution is -0.127. The minimum Gasteiger partial charge on any atom is -0.370 e. The highest BCUT2D eigenvalue weighted by molar-refractivity contribution is 5.81. The SMILES string of the molecule is CCNc1cc(N2CCCN(C)C(=O)C2)nc(C)n1. The van der Waals surface area contributed by atoms with Crippen molar-refractivity contribution < 1.29 is 4.79 Å². The summed E-state index contributed by atoms with van der Waals surface area (Å²) in [4.78, 5) is 24.5. The zero-order valence-electron chi connectivity index (χ0n) is 11.8. The van der Waals surface area contributed by atoms with Gasteiger partial charge in [-0.15, -0.1) is 0 Å². The standard InChI is InChI=1S/C13H21N5O/c1-4-14-11-8-12(16-10(2)15-11)18-7-5-6-17(3)13(19)9-18/h8H,4-7,9H2,1-3H3,(H,14,15,16). The molecule has 1 saturated heterocycles. The van der Waals surface area contributed by atoms with Crippen molar-refractivity contribution in [2.45, 2.75) is 20.3 Å². The van der Waals surface area contributed by atoms with Crippen molar-refractivity contribution in [3.05, 3.63) is 11.9 Å². The molecule has 1 aromatic rings. The molecule has 1 N–H and O–H groups in total. The van der Waals surface area contributed by atoms with Crippen molar-refractivity contribution >= 4 is 17.5 Å². The van der Waals surface area contributed by atoms with Crippen LogP contribution in [0, 0.1) is 6.92 Å². The van der Waals surface area contributed by atoms with Crippen molar-refractivity contribution in [2.24, 2.45) is 0 Å². The van der Waals surface area contributed by atoms with Crippen molar-refractivity contribution in [1.29, 1.82) is 0 Å². The predicted octanol–water partition coefficient (Wildman–Crippen LogP) is 0.885. The predicted molar refractivity (Wildman–Crippen MR) is 75.4 cm³/mol. The Balaban J connectivity index is 2.22. The van der Waals surface area contributed by atoms with Crippen molar-refractivity contribution in [3.8, 4) is 0 Å². The average molecular weight is 263 g/mol. The molecule has 0 aromatic carbocycles. The van der Waals surface area contributed by atoms with Crippen LogP contribution in [0.1, 0.15) is 19.2 Å². The second kappa shape index (κ2) is 5.86. The molecule has 6 nitrogen and oxygen atoms in total. The van der Waals surface area contributed by atoms with Gasteiger partial charge in [-0.25, -0.2) is 9.97 Å². The van der Waals surface area contributed by atoms with E-state index in [1.807, 2.05) is 31.9 Å². The summed E-state index contributed by atoms with van der Waals surface area (Å²) in [6, 6.07) is 1.91. The summed E-state index contributed by atoms with van der Waals surface area (Å²) < 4.78 is 0. The van der Waals surface area contributed by atoms with E-state index in [1.165, 1.54) is 0 Å². The first-order valence-corrected chi connectivity index (χ1v) is 6.68. The van der Waals surface area contributed by atoms with Crippen LogP contribution < -0.4 is 10.2 Å². The molecule has 2 rings (SSSR count). The molecule has 1 amide bonds. The van der Waals surface area contributed by atoms with E-state index in [4.69, 9.17) is 0 Å². The number of carbonyl (C=O) groups is 1. The number of likely N-dealkylation sites (N-methyl/N-ethyl adjacent to an activating group) is 1. The summed E-state index contributed by atoms with van der Waals surface area (Å²) in [6.45, 7) is 6.76. The molecule has 1 aliphatic heterocycles. The van der Waals surface area contributed by atoms with Crippen LogP contribution in [-0.4, -0.2) is 54.0 Å². The Hall–Kier alpha value is -1.85. The average Bonchev–Trinajstić information content (AvgIpc) is 2.52. The van der Waals surface area contributed by atoms with Crippen LogP contribution in [0.3, 0.4) is 0 Å². The fraction of sp³-hybridized carbons (Fsp3) is 0.615. The van der Waals surface area contributed by atoms with Gasteiger partial charge in [0.2, 0.25) is 5.91 Å². The first-order chi connectivity index (χ1) is 9.10. The van der Waals surface area contributed by atoms with E-state index in [-0.39, 0.29) is 5.91 Å². The molecule has 19 heavy (non-hydrogen) atoms. The van der Waals surface area contributed by atoms with Crippen LogP contribution in [0.2, 0.25) is 0 Å². The van der Waals surface area contributed by atoms with E-state index in [1.54, 1.807) is 4.90 Å². The van der Waals surface area contributed by atoms with E-state index < -0.39 is 0 Å². The van der Waals surface area contributed by atoms with Gasteiger partial charge in [-0.1, -0.05) is 0 Å². The second-order valence-electron chi connectivity index (χ2n) is 4.78. The van der Waals surface area contributed by atoms with E-state index in [0.29, 0.717) is 6.54 Å². The van der Waals surface area contributed by atoms with Gasteiger partial charge < -0.3 is 15.1 Å². The number of hydrogen-bond acceptors (Lipinski definition) is 5. The normalized spacial score (nSPS) is 16.5. The van der Waals surface area contributed by atoms with Crippen LogP contribution in [0.4, 0.5) is 11.6 Å². The molecule has 104 valence electrons. The molecule has 0 saturated carbocycles. The van der Waals surface area contributed by atoms with Gasteiger partial charge in [0.05, 0.1) is 6.54 Å². The Labute approximate surface area is 113 Å². The zero-order chi connectivity index (χ0) is 13.8. The summed E-state index contributed by atoms with van der Waals surface area (Å²) in [5, 5.41) is 3.19. The highest BCUT2D eigenvalue weighted by Gasteiger charge is 2.20. The fourth-order valence-corrected chi connectivity index (χ4v) is 2.17. The first kappa shape index (κ1) is 13.6. The molecule has 6 heteroatoms. The third kappa shape index (κ3) is 3.33. The lowest BCUT2D eigenvalue weighted by Crippen LogP contribution is -2.34. The molecule has 0 bridgehead atoms. The molecular weight excluding hydrogens is 242 g/mol. The molecule has 0 aliphatic carbocycles. The van der Waals surface area contributed by atoms with Crippen molar-refractivity contribution in [2.75, 3.05) is 43.4 Å². The quantitative estimate of drug-likeness (QED) is 0.877. The summed E-state index contributed by atoms with van der Waals surface area (Å²) in [7, 11) is 1.85. The lowest BCUT2D eigenvalue weighted by Gasteiger charge is -2.21. The highest BCUT2D eigenvalue weighted by Crippen LogP contribution is 2.17. The summed E-state index contributed by atoms with van der Waals surface area (Å²) in [5.74, 6) is 2.50. The van der Waals surface area contributed by atoms with Crippen LogP contribution >= 0.6 is 0 Å². The maximum Gasteiger partial charge on any atom is 0.241 e. The molecule has 0 spiro atoms. The molecule has 2 heterocycles. The van der Waals surface area contributed by atoms with E-state index in [0.717, 1.165) is 43.5 Å². The number of aromatic nitrogens is 2. The molecule has 0 atom stereocenters. The topological polar surface area (TPSA) is 61.4 Å². The van der Waals surface area contributed by atoms with Crippen molar-refractivity contribution in [3.63, 3.8) is 0 Å². The van der Waals surface area contributed by atoms with Gasteiger partial charge in [0, 0.05) is 32.7 Å². The number of nitrogens with zero attached hydrogens (tertiary/aromatic N) is 4. The monoisotopic (exact) mass is 263 g/mol. The van der Waals surface area contributed by atoms with Crippen molar-refractivity contribution in [1.82, 2.24) is 14.9 Å². The highest BCUT2D eigenvalue weighted by atomic mass is 16.2. The minimum atomic E-state index is 0.138. The third-order valence-electron chi connectivity index (χ3n) is 3.18. The number of anilines is 2. The number of nitrogens with one attached hydrogen (secondary N) is 1. The van der Waals surface area contributed by atoms with Crippen LogP contribution in [0.15, 0.2) is 6.07 Å². The van der Waals surface area contributed by atoms with E-state index in [2.05, 4.69) is 15.3 Å². The summed E-state index contributed by atoms with van der Waals surface area (Å²) in [5.41, 5.74) is 0. The van der Waals surface area contributed by atoms with Gasteiger partial charge in [0.1, 0.15) is 17.5 Å². The zero-order valence-corrected chi connectivity index (χ0v) is 11.8. The van der Waals surface area contributed by atoms with Gasteiger partial charge in [-0.3, -0.25) is 4.79 Å². The Kier molecular flexibility index (Phi) is 4.19.